The van der Waals surface area contributed by atoms with Gasteiger partial charge in [0.15, 0.2) is 6.23 Å². The van der Waals surface area contributed by atoms with Crippen LogP contribution >= 0.6 is 0 Å². The van der Waals surface area contributed by atoms with Crippen LogP contribution in [0.2, 0.25) is 0 Å². The molecule has 1 fully saturated rings. The van der Waals surface area contributed by atoms with Gasteiger partial charge in [-0.05, 0) is 81.8 Å². The summed E-state index contributed by atoms with van der Waals surface area (Å²) in [5.41, 5.74) is 5.27. The van der Waals surface area contributed by atoms with Crippen molar-refractivity contribution in [3.05, 3.63) is 58.7 Å². The van der Waals surface area contributed by atoms with E-state index in [0.717, 1.165) is 47.2 Å². The van der Waals surface area contributed by atoms with Crippen molar-refractivity contribution in [3.8, 4) is 11.1 Å². The first-order chi connectivity index (χ1) is 16.1. The van der Waals surface area contributed by atoms with Crippen molar-refractivity contribution >= 4 is 17.8 Å². The molecule has 2 aromatic rings. The first-order valence-corrected chi connectivity index (χ1v) is 11.7. The number of hydrogen-bond donors (Lipinski definition) is 2. The number of benzene rings is 2. The van der Waals surface area contributed by atoms with Crippen molar-refractivity contribution in [3.63, 3.8) is 0 Å². The van der Waals surface area contributed by atoms with E-state index in [2.05, 4.69) is 0 Å². The van der Waals surface area contributed by atoms with Crippen molar-refractivity contribution in [2.75, 3.05) is 13.7 Å². The van der Waals surface area contributed by atoms with Crippen molar-refractivity contribution < 1.29 is 19.0 Å². The summed E-state index contributed by atoms with van der Waals surface area (Å²) in [5.74, 6) is -0.0501. The van der Waals surface area contributed by atoms with Crippen LogP contribution in [0.1, 0.15) is 55.9 Å². The third-order valence-corrected chi connectivity index (χ3v) is 6.32. The molecule has 34 heavy (non-hydrogen) atoms. The zero-order valence-corrected chi connectivity index (χ0v) is 20.9. The van der Waals surface area contributed by atoms with Crippen LogP contribution in [-0.4, -0.2) is 54.7 Å². The Morgan fingerprint density at radius 1 is 0.941 bits per heavy atom. The van der Waals surface area contributed by atoms with Gasteiger partial charge in [0, 0.05) is 17.7 Å². The van der Waals surface area contributed by atoms with Gasteiger partial charge in [-0.2, -0.15) is 0 Å². The predicted molar refractivity (Wildman–Crippen MR) is 134 cm³/mol. The number of likely N-dealkylation sites (tertiary alicyclic amines) is 1. The Hall–Kier alpha value is -3.19. The molecule has 1 heterocycles. The van der Waals surface area contributed by atoms with E-state index in [9.17, 15) is 4.79 Å². The molecular formula is C27H35N3O4. The molecule has 1 unspecified atom stereocenters. The third kappa shape index (κ3) is 5.30. The summed E-state index contributed by atoms with van der Waals surface area (Å²) in [6.45, 7) is 10.4. The molecule has 7 heteroatoms. The Bertz CT molecular complexity index is 1080. The number of hydrogen-bond acceptors (Lipinski definition) is 7. The molecule has 0 radical (unpaired) electrons. The minimum Gasteiger partial charge on any atom is -0.475 e. The lowest BCUT2D eigenvalue weighted by atomic mass is 9.91. The van der Waals surface area contributed by atoms with Gasteiger partial charge in [0.05, 0.1) is 13.2 Å². The van der Waals surface area contributed by atoms with Gasteiger partial charge in [-0.25, -0.2) is 0 Å². The largest absolute Gasteiger partial charge is 0.475 e. The second kappa shape index (κ2) is 10.8. The number of methoxy groups -OCH3 is 1. The number of rotatable bonds is 7. The molecule has 3 rings (SSSR count). The van der Waals surface area contributed by atoms with Gasteiger partial charge in [-0.1, -0.05) is 24.3 Å². The van der Waals surface area contributed by atoms with Gasteiger partial charge in [0.1, 0.15) is 6.04 Å². The standard InChI is InChI=1S/C27H35N3O4/c1-16(2)33-25(28)22-12-7-10-20(17(22)3)21-11-8-13-23(18(21)4)26(29)34-19(5)30-15-9-14-24(30)27(31)32-6/h7-8,10-13,16,19,24,28-29H,9,14-15H2,1-6H3/t19?,24-/m0/s1. The highest BCUT2D eigenvalue weighted by Gasteiger charge is 2.35. The maximum Gasteiger partial charge on any atom is 0.323 e. The molecule has 1 aliphatic heterocycles. The lowest BCUT2D eigenvalue weighted by Crippen LogP contribution is -2.44. The van der Waals surface area contributed by atoms with Crippen molar-refractivity contribution in [1.29, 1.82) is 10.8 Å². The van der Waals surface area contributed by atoms with E-state index >= 15 is 0 Å². The lowest BCUT2D eigenvalue weighted by molar-refractivity contribution is -0.149. The van der Waals surface area contributed by atoms with Gasteiger partial charge in [-0.3, -0.25) is 20.5 Å². The summed E-state index contributed by atoms with van der Waals surface area (Å²) < 4.78 is 16.6. The van der Waals surface area contributed by atoms with Crippen molar-refractivity contribution in [1.82, 2.24) is 4.90 Å². The number of nitrogens with zero attached hydrogens (tertiary/aromatic N) is 1. The molecule has 0 amide bonds. The van der Waals surface area contributed by atoms with E-state index in [-0.39, 0.29) is 29.9 Å². The Morgan fingerprint density at radius 2 is 1.47 bits per heavy atom. The molecule has 0 aliphatic carbocycles. The molecule has 182 valence electrons. The molecule has 0 bridgehead atoms. The Kier molecular flexibility index (Phi) is 8.10. The third-order valence-electron chi connectivity index (χ3n) is 6.32. The minimum atomic E-state index is -0.430. The lowest BCUT2D eigenvalue weighted by Gasteiger charge is -2.29. The monoisotopic (exact) mass is 465 g/mol. The van der Waals surface area contributed by atoms with E-state index in [4.69, 9.17) is 25.0 Å². The summed E-state index contributed by atoms with van der Waals surface area (Å²) in [6, 6.07) is 11.3. The van der Waals surface area contributed by atoms with E-state index in [1.807, 2.05) is 75.9 Å². The molecule has 1 aliphatic rings. The van der Waals surface area contributed by atoms with Crippen LogP contribution in [0, 0.1) is 24.7 Å². The fourth-order valence-electron chi connectivity index (χ4n) is 4.56. The average Bonchev–Trinajstić information content (AvgIpc) is 3.28. The van der Waals surface area contributed by atoms with E-state index in [1.54, 1.807) is 0 Å². The van der Waals surface area contributed by atoms with Gasteiger partial charge >= 0.3 is 5.97 Å². The van der Waals surface area contributed by atoms with E-state index < -0.39 is 6.23 Å². The molecule has 2 aromatic carbocycles. The predicted octanol–water partition coefficient (Wildman–Crippen LogP) is 5.05. The number of esters is 1. The number of nitrogens with one attached hydrogen (secondary N) is 2. The molecule has 0 spiro atoms. The van der Waals surface area contributed by atoms with Crippen LogP contribution in [0.3, 0.4) is 0 Å². The fraction of sp³-hybridized carbons (Fsp3) is 0.444. The zero-order valence-electron chi connectivity index (χ0n) is 20.9. The maximum atomic E-state index is 12.1. The maximum absolute atomic E-state index is 12.1. The SMILES string of the molecule is COC(=O)[C@@H]1CCCN1C(C)OC(=N)c1cccc(-c2cccc(C(=N)OC(C)C)c2C)c1C. The van der Waals surface area contributed by atoms with E-state index in [1.165, 1.54) is 7.11 Å². The van der Waals surface area contributed by atoms with Gasteiger partial charge in [0.25, 0.3) is 0 Å². The number of ether oxygens (including phenoxy) is 3. The van der Waals surface area contributed by atoms with Crippen molar-refractivity contribution in [2.45, 2.75) is 65.8 Å². The van der Waals surface area contributed by atoms with Crippen LogP contribution in [0.5, 0.6) is 0 Å². The average molecular weight is 466 g/mol. The zero-order chi connectivity index (χ0) is 25.0. The molecular weight excluding hydrogens is 430 g/mol. The molecule has 2 N–H and O–H groups in total. The summed E-state index contributed by atoms with van der Waals surface area (Å²) in [5, 5.41) is 17.0. The molecule has 1 saturated heterocycles. The van der Waals surface area contributed by atoms with E-state index in [0.29, 0.717) is 5.56 Å². The molecule has 7 nitrogen and oxygen atoms in total. The summed E-state index contributed by atoms with van der Waals surface area (Å²) in [4.78, 5) is 14.1. The van der Waals surface area contributed by atoms with Crippen LogP contribution < -0.4 is 0 Å². The van der Waals surface area contributed by atoms with Crippen LogP contribution in [0.4, 0.5) is 0 Å². The molecule has 0 saturated carbocycles. The Morgan fingerprint density at radius 3 is 1.97 bits per heavy atom. The van der Waals surface area contributed by atoms with Crippen LogP contribution in [0.25, 0.3) is 11.1 Å². The quantitative estimate of drug-likeness (QED) is 0.339. The Balaban J connectivity index is 1.86. The second-order valence-corrected chi connectivity index (χ2v) is 8.92. The molecule has 0 aromatic heterocycles. The summed E-state index contributed by atoms with van der Waals surface area (Å²) >= 11 is 0. The minimum absolute atomic E-state index is 0.0621. The summed E-state index contributed by atoms with van der Waals surface area (Å²) in [7, 11) is 1.40. The highest BCUT2D eigenvalue weighted by molar-refractivity contribution is 5.98. The normalized spacial score (nSPS) is 16.9. The highest BCUT2D eigenvalue weighted by atomic mass is 16.5. The smallest absolute Gasteiger partial charge is 0.323 e. The van der Waals surface area contributed by atoms with Crippen LogP contribution in [-0.2, 0) is 19.0 Å². The number of carbonyl (C=O) groups excluding carboxylic acids is 1. The molecule has 2 atom stereocenters. The second-order valence-electron chi connectivity index (χ2n) is 8.92. The van der Waals surface area contributed by atoms with Gasteiger partial charge in [-0.15, -0.1) is 0 Å². The van der Waals surface area contributed by atoms with Gasteiger partial charge in [0.2, 0.25) is 11.8 Å². The van der Waals surface area contributed by atoms with Crippen LogP contribution in [0.15, 0.2) is 36.4 Å². The van der Waals surface area contributed by atoms with Crippen molar-refractivity contribution in [2.24, 2.45) is 0 Å². The Labute approximate surface area is 202 Å². The van der Waals surface area contributed by atoms with Gasteiger partial charge < -0.3 is 14.2 Å². The fourth-order valence-corrected chi connectivity index (χ4v) is 4.56. The topological polar surface area (TPSA) is 95.7 Å². The first kappa shape index (κ1) is 25.4. The first-order valence-electron chi connectivity index (χ1n) is 11.7. The number of carbonyl (C=O) groups is 1. The summed E-state index contributed by atoms with van der Waals surface area (Å²) in [6.07, 6.45) is 1.11. The highest BCUT2D eigenvalue weighted by Crippen LogP contribution is 2.31.